The highest BCUT2D eigenvalue weighted by Gasteiger charge is 2.25. The fraction of sp³-hybridized carbons (Fsp3) is 0.429. The molecule has 0 aliphatic carbocycles. The van der Waals surface area contributed by atoms with Gasteiger partial charge in [-0.05, 0) is 24.6 Å². The zero-order valence-corrected chi connectivity index (χ0v) is 14.2. The number of sulfonamides is 1. The van der Waals surface area contributed by atoms with Crippen LogP contribution >= 0.6 is 11.3 Å². The second kappa shape index (κ2) is 6.74. The molecule has 1 N–H and O–H groups in total. The predicted octanol–water partition coefficient (Wildman–Crippen LogP) is 2.02. The summed E-state index contributed by atoms with van der Waals surface area (Å²) in [6.07, 6.45) is 1.68. The Balaban J connectivity index is 2.28. The Hall–Kier alpha value is -1.15. The van der Waals surface area contributed by atoms with Crippen LogP contribution in [0.2, 0.25) is 0 Å². The lowest BCUT2D eigenvalue weighted by atomic mass is 10.4. The lowest BCUT2D eigenvalue weighted by Gasteiger charge is -2.18. The Morgan fingerprint density at radius 2 is 2.19 bits per heavy atom. The first kappa shape index (κ1) is 16.2. The normalized spacial score (nSPS) is 12.2. The molecule has 0 saturated carbocycles. The number of hydrogen-bond acceptors (Lipinski definition) is 4. The third-order valence-electron chi connectivity index (χ3n) is 3.34. The SMILES string of the molecule is CCN(Cc1cccs1)S(=O)(=O)c1cc(CNC)n(C)c1. The van der Waals surface area contributed by atoms with E-state index in [1.165, 1.54) is 4.31 Å². The van der Waals surface area contributed by atoms with E-state index in [0.29, 0.717) is 24.5 Å². The molecule has 0 aliphatic heterocycles. The smallest absolute Gasteiger partial charge is 0.244 e. The van der Waals surface area contributed by atoms with Crippen molar-refractivity contribution in [2.24, 2.45) is 7.05 Å². The van der Waals surface area contributed by atoms with Crippen molar-refractivity contribution in [2.45, 2.75) is 24.9 Å². The first-order valence-electron chi connectivity index (χ1n) is 6.81. The Morgan fingerprint density at radius 3 is 2.76 bits per heavy atom. The van der Waals surface area contributed by atoms with Gasteiger partial charge < -0.3 is 9.88 Å². The van der Waals surface area contributed by atoms with Crippen LogP contribution in [0.5, 0.6) is 0 Å². The third kappa shape index (κ3) is 3.55. The molecule has 5 nitrogen and oxygen atoms in total. The number of nitrogens with one attached hydrogen (secondary N) is 1. The molecule has 116 valence electrons. The van der Waals surface area contributed by atoms with Gasteiger partial charge in [0.25, 0.3) is 0 Å². The molecule has 0 saturated heterocycles. The lowest BCUT2D eigenvalue weighted by Crippen LogP contribution is -2.29. The molecule has 0 bridgehead atoms. The minimum absolute atomic E-state index is 0.355. The molecule has 2 aromatic heterocycles. The molecule has 0 spiro atoms. The van der Waals surface area contributed by atoms with E-state index in [1.807, 2.05) is 43.1 Å². The molecule has 0 amide bonds. The van der Waals surface area contributed by atoms with Crippen LogP contribution in [0.15, 0.2) is 34.7 Å². The summed E-state index contributed by atoms with van der Waals surface area (Å²) in [6.45, 7) is 3.38. The van der Waals surface area contributed by atoms with Gasteiger partial charge in [-0.25, -0.2) is 8.42 Å². The number of rotatable bonds is 7. The van der Waals surface area contributed by atoms with Crippen LogP contribution in [-0.4, -0.2) is 30.9 Å². The molecule has 0 aliphatic rings. The van der Waals surface area contributed by atoms with Crippen LogP contribution < -0.4 is 5.32 Å². The molecule has 0 radical (unpaired) electrons. The van der Waals surface area contributed by atoms with Gasteiger partial charge in [-0.15, -0.1) is 11.3 Å². The highest BCUT2D eigenvalue weighted by molar-refractivity contribution is 7.89. The average Bonchev–Trinajstić information content (AvgIpc) is 3.07. The Kier molecular flexibility index (Phi) is 5.21. The lowest BCUT2D eigenvalue weighted by molar-refractivity contribution is 0.426. The Labute approximate surface area is 130 Å². The minimum Gasteiger partial charge on any atom is -0.352 e. The quantitative estimate of drug-likeness (QED) is 0.846. The summed E-state index contributed by atoms with van der Waals surface area (Å²) in [7, 11) is 0.250. The molecule has 7 heteroatoms. The summed E-state index contributed by atoms with van der Waals surface area (Å²) < 4.78 is 28.9. The second-order valence-corrected chi connectivity index (χ2v) is 7.79. The van der Waals surface area contributed by atoms with E-state index in [2.05, 4.69) is 5.32 Å². The van der Waals surface area contributed by atoms with Crippen molar-refractivity contribution in [3.63, 3.8) is 0 Å². The van der Waals surface area contributed by atoms with Crippen molar-refractivity contribution in [1.82, 2.24) is 14.2 Å². The van der Waals surface area contributed by atoms with Gasteiger partial charge in [-0.2, -0.15) is 4.31 Å². The highest BCUT2D eigenvalue weighted by Crippen LogP contribution is 2.22. The van der Waals surface area contributed by atoms with Gasteiger partial charge in [0, 0.05) is 43.4 Å². The summed E-state index contributed by atoms with van der Waals surface area (Å²) in [5.41, 5.74) is 0.947. The molecular formula is C14H21N3O2S2. The maximum Gasteiger partial charge on any atom is 0.244 e. The Morgan fingerprint density at radius 1 is 1.43 bits per heavy atom. The first-order valence-corrected chi connectivity index (χ1v) is 9.13. The van der Waals surface area contributed by atoms with E-state index in [-0.39, 0.29) is 0 Å². The number of thiophene rings is 1. The second-order valence-electron chi connectivity index (χ2n) is 4.82. The molecular weight excluding hydrogens is 306 g/mol. The van der Waals surface area contributed by atoms with Crippen molar-refractivity contribution in [1.29, 1.82) is 0 Å². The molecule has 0 aromatic carbocycles. The van der Waals surface area contributed by atoms with Crippen LogP contribution in [-0.2, 0) is 30.2 Å². The largest absolute Gasteiger partial charge is 0.352 e. The molecule has 2 rings (SSSR count). The van der Waals surface area contributed by atoms with E-state index >= 15 is 0 Å². The summed E-state index contributed by atoms with van der Waals surface area (Å²) in [5.74, 6) is 0. The molecule has 0 atom stereocenters. The van der Waals surface area contributed by atoms with Gasteiger partial charge in [0.1, 0.15) is 4.90 Å². The standard InChI is InChI=1S/C14H21N3O2S2/c1-4-17(10-13-6-5-7-20-13)21(18,19)14-8-12(9-15-2)16(3)11-14/h5-8,11,15H,4,9-10H2,1-3H3. The van der Waals surface area contributed by atoms with E-state index in [4.69, 9.17) is 0 Å². The van der Waals surface area contributed by atoms with E-state index in [0.717, 1.165) is 10.6 Å². The summed E-state index contributed by atoms with van der Waals surface area (Å²) >= 11 is 1.57. The van der Waals surface area contributed by atoms with E-state index in [1.54, 1.807) is 23.6 Å². The summed E-state index contributed by atoms with van der Waals surface area (Å²) in [4.78, 5) is 1.40. The predicted molar refractivity (Wildman–Crippen MR) is 85.8 cm³/mol. The van der Waals surface area contributed by atoms with Crippen LogP contribution in [0.25, 0.3) is 0 Å². The molecule has 2 heterocycles. The van der Waals surface area contributed by atoms with Crippen LogP contribution in [0.4, 0.5) is 0 Å². The van der Waals surface area contributed by atoms with Crippen molar-refractivity contribution in [2.75, 3.05) is 13.6 Å². The number of aromatic nitrogens is 1. The van der Waals surface area contributed by atoms with Crippen molar-refractivity contribution >= 4 is 21.4 Å². The third-order valence-corrected chi connectivity index (χ3v) is 6.09. The highest BCUT2D eigenvalue weighted by atomic mass is 32.2. The molecule has 21 heavy (non-hydrogen) atoms. The zero-order valence-electron chi connectivity index (χ0n) is 12.5. The zero-order chi connectivity index (χ0) is 15.5. The number of aryl methyl sites for hydroxylation is 1. The fourth-order valence-corrected chi connectivity index (χ4v) is 4.49. The number of nitrogens with zero attached hydrogens (tertiary/aromatic N) is 2. The van der Waals surface area contributed by atoms with Crippen LogP contribution in [0.3, 0.4) is 0 Å². The van der Waals surface area contributed by atoms with Gasteiger partial charge in [-0.3, -0.25) is 0 Å². The molecule has 0 unspecified atom stereocenters. The topological polar surface area (TPSA) is 54.3 Å². The van der Waals surface area contributed by atoms with Gasteiger partial charge in [0.15, 0.2) is 0 Å². The van der Waals surface area contributed by atoms with Gasteiger partial charge in [0.05, 0.1) is 0 Å². The average molecular weight is 327 g/mol. The molecule has 0 fully saturated rings. The minimum atomic E-state index is -3.46. The first-order chi connectivity index (χ1) is 9.98. The summed E-state index contributed by atoms with van der Waals surface area (Å²) in [5, 5.41) is 5.00. The van der Waals surface area contributed by atoms with Crippen molar-refractivity contribution in [3.8, 4) is 0 Å². The van der Waals surface area contributed by atoms with E-state index in [9.17, 15) is 8.42 Å². The van der Waals surface area contributed by atoms with Crippen molar-refractivity contribution < 1.29 is 8.42 Å². The van der Waals surface area contributed by atoms with Crippen LogP contribution in [0, 0.1) is 0 Å². The Bertz CT molecular complexity index is 675. The van der Waals surface area contributed by atoms with Gasteiger partial charge >= 0.3 is 0 Å². The maximum absolute atomic E-state index is 12.8. The van der Waals surface area contributed by atoms with Gasteiger partial charge in [-0.1, -0.05) is 13.0 Å². The van der Waals surface area contributed by atoms with Gasteiger partial charge in [0.2, 0.25) is 10.0 Å². The van der Waals surface area contributed by atoms with Crippen molar-refractivity contribution in [3.05, 3.63) is 40.3 Å². The monoisotopic (exact) mass is 327 g/mol. The van der Waals surface area contributed by atoms with E-state index < -0.39 is 10.0 Å². The fourth-order valence-electron chi connectivity index (χ4n) is 2.17. The van der Waals surface area contributed by atoms with Crippen LogP contribution in [0.1, 0.15) is 17.5 Å². The summed E-state index contributed by atoms with van der Waals surface area (Å²) in [6, 6.07) is 5.64. The number of hydrogen-bond donors (Lipinski definition) is 1. The maximum atomic E-state index is 12.8. The molecule has 2 aromatic rings.